The molecule has 0 spiro atoms. The predicted octanol–water partition coefficient (Wildman–Crippen LogP) is 2.96. The highest BCUT2D eigenvalue weighted by molar-refractivity contribution is 7.99. The van der Waals surface area contributed by atoms with Crippen molar-refractivity contribution in [2.75, 3.05) is 11.4 Å². The maximum Gasteiger partial charge on any atom is 0.248 e. The van der Waals surface area contributed by atoms with Gasteiger partial charge >= 0.3 is 0 Å². The van der Waals surface area contributed by atoms with Gasteiger partial charge in [0.15, 0.2) is 0 Å². The van der Waals surface area contributed by atoms with Crippen molar-refractivity contribution in [1.29, 1.82) is 0 Å². The molecule has 3 rings (SSSR count). The fraction of sp³-hybridized carbons (Fsp3) is 0.222. The molecule has 1 heterocycles. The zero-order valence-electron chi connectivity index (χ0n) is 12.9. The number of para-hydroxylation sites is 1. The SMILES string of the molecule is NC(=O)c1ccc(CS[C@@H]2CCN(c3ccccc3F)C2=O)cc1. The molecule has 1 aliphatic heterocycles. The smallest absolute Gasteiger partial charge is 0.248 e. The van der Waals surface area contributed by atoms with E-state index in [2.05, 4.69) is 0 Å². The maximum atomic E-state index is 13.9. The van der Waals surface area contributed by atoms with Crippen LogP contribution >= 0.6 is 11.8 Å². The van der Waals surface area contributed by atoms with Crippen LogP contribution in [0.15, 0.2) is 48.5 Å². The number of benzene rings is 2. The molecule has 0 saturated carbocycles. The van der Waals surface area contributed by atoms with Gasteiger partial charge < -0.3 is 10.6 Å². The van der Waals surface area contributed by atoms with Crippen LogP contribution in [0.3, 0.4) is 0 Å². The number of thioether (sulfide) groups is 1. The van der Waals surface area contributed by atoms with E-state index < -0.39 is 5.91 Å². The van der Waals surface area contributed by atoms with Crippen molar-refractivity contribution in [3.8, 4) is 0 Å². The molecule has 2 N–H and O–H groups in total. The molecule has 0 aliphatic carbocycles. The van der Waals surface area contributed by atoms with E-state index in [1.54, 1.807) is 30.3 Å². The fourth-order valence-corrected chi connectivity index (χ4v) is 3.81. The van der Waals surface area contributed by atoms with Crippen LogP contribution in [0.5, 0.6) is 0 Å². The second-order valence-corrected chi connectivity index (χ2v) is 6.78. The topological polar surface area (TPSA) is 63.4 Å². The second kappa shape index (κ2) is 7.05. The molecular weight excluding hydrogens is 327 g/mol. The van der Waals surface area contributed by atoms with Gasteiger partial charge in [-0.2, -0.15) is 0 Å². The predicted molar refractivity (Wildman–Crippen MR) is 93.4 cm³/mol. The number of rotatable bonds is 5. The fourth-order valence-electron chi connectivity index (χ4n) is 2.68. The molecule has 2 amide bonds. The highest BCUT2D eigenvalue weighted by Gasteiger charge is 2.33. The van der Waals surface area contributed by atoms with Crippen LogP contribution < -0.4 is 10.6 Å². The largest absolute Gasteiger partial charge is 0.366 e. The van der Waals surface area contributed by atoms with E-state index >= 15 is 0 Å². The van der Waals surface area contributed by atoms with Gasteiger partial charge in [0, 0.05) is 17.9 Å². The summed E-state index contributed by atoms with van der Waals surface area (Å²) in [5.74, 6) is -0.237. The molecule has 0 radical (unpaired) electrons. The summed E-state index contributed by atoms with van der Waals surface area (Å²) in [5.41, 5.74) is 7.04. The maximum absolute atomic E-state index is 13.9. The standard InChI is InChI=1S/C18H17FN2O2S/c19-14-3-1-2-4-15(14)21-10-9-16(18(21)23)24-11-12-5-7-13(8-6-12)17(20)22/h1-8,16H,9-11H2,(H2,20,22)/t16-/m1/s1. The van der Waals surface area contributed by atoms with Gasteiger partial charge in [-0.05, 0) is 36.2 Å². The molecule has 0 aromatic heterocycles. The third kappa shape index (κ3) is 3.43. The molecule has 2 aromatic carbocycles. The summed E-state index contributed by atoms with van der Waals surface area (Å²) in [6.07, 6.45) is 0.692. The van der Waals surface area contributed by atoms with Crippen LogP contribution in [0.1, 0.15) is 22.3 Å². The molecule has 0 unspecified atom stereocenters. The Morgan fingerprint density at radius 3 is 2.58 bits per heavy atom. The molecule has 1 aliphatic rings. The number of hydrogen-bond acceptors (Lipinski definition) is 3. The quantitative estimate of drug-likeness (QED) is 0.907. The Labute approximate surface area is 143 Å². The number of anilines is 1. The van der Waals surface area contributed by atoms with Crippen molar-refractivity contribution < 1.29 is 14.0 Å². The van der Waals surface area contributed by atoms with E-state index in [9.17, 15) is 14.0 Å². The van der Waals surface area contributed by atoms with Crippen LogP contribution in [-0.2, 0) is 10.5 Å². The molecule has 1 saturated heterocycles. The summed E-state index contributed by atoms with van der Waals surface area (Å²) in [4.78, 5) is 25.1. The van der Waals surface area contributed by atoms with Crippen LogP contribution in [0.4, 0.5) is 10.1 Å². The van der Waals surface area contributed by atoms with Crippen LogP contribution in [0.25, 0.3) is 0 Å². The summed E-state index contributed by atoms with van der Waals surface area (Å²) in [6, 6.07) is 13.4. The Balaban J connectivity index is 1.62. The Morgan fingerprint density at radius 1 is 1.21 bits per heavy atom. The van der Waals surface area contributed by atoms with E-state index in [1.807, 2.05) is 12.1 Å². The van der Waals surface area contributed by atoms with Crippen molar-refractivity contribution in [3.63, 3.8) is 0 Å². The lowest BCUT2D eigenvalue weighted by Crippen LogP contribution is -2.28. The number of carbonyl (C=O) groups is 2. The molecule has 1 atom stereocenters. The third-order valence-corrected chi connectivity index (χ3v) is 5.33. The van der Waals surface area contributed by atoms with Gasteiger partial charge in [0.1, 0.15) is 5.82 Å². The number of nitrogens with zero attached hydrogens (tertiary/aromatic N) is 1. The normalized spacial score (nSPS) is 17.3. The van der Waals surface area contributed by atoms with E-state index in [4.69, 9.17) is 5.73 Å². The summed E-state index contributed by atoms with van der Waals surface area (Å²) in [7, 11) is 0. The first-order valence-electron chi connectivity index (χ1n) is 7.62. The van der Waals surface area contributed by atoms with Gasteiger partial charge in [0.2, 0.25) is 11.8 Å². The van der Waals surface area contributed by atoms with Gasteiger partial charge in [-0.25, -0.2) is 4.39 Å². The Morgan fingerprint density at radius 2 is 1.92 bits per heavy atom. The number of halogens is 1. The average Bonchev–Trinajstić information content (AvgIpc) is 2.94. The third-order valence-electron chi connectivity index (χ3n) is 3.99. The van der Waals surface area contributed by atoms with E-state index in [-0.39, 0.29) is 17.0 Å². The van der Waals surface area contributed by atoms with Gasteiger partial charge in [-0.1, -0.05) is 24.3 Å². The van der Waals surface area contributed by atoms with Crippen molar-refractivity contribution in [2.45, 2.75) is 17.4 Å². The Hall–Kier alpha value is -2.34. The molecule has 1 fully saturated rings. The Bertz CT molecular complexity index is 764. The summed E-state index contributed by atoms with van der Waals surface area (Å²) in [6.45, 7) is 0.526. The minimum Gasteiger partial charge on any atom is -0.366 e. The number of nitrogens with two attached hydrogens (primary N) is 1. The first-order chi connectivity index (χ1) is 11.6. The van der Waals surface area contributed by atoms with E-state index in [0.717, 1.165) is 5.56 Å². The lowest BCUT2D eigenvalue weighted by Gasteiger charge is -2.17. The molecule has 0 bridgehead atoms. The molecule has 124 valence electrons. The van der Waals surface area contributed by atoms with Crippen LogP contribution in [0, 0.1) is 5.82 Å². The highest BCUT2D eigenvalue weighted by Crippen LogP contribution is 2.31. The van der Waals surface area contributed by atoms with Crippen LogP contribution in [-0.4, -0.2) is 23.6 Å². The van der Waals surface area contributed by atoms with Gasteiger partial charge in [0.05, 0.1) is 10.9 Å². The van der Waals surface area contributed by atoms with Crippen molar-refractivity contribution >= 4 is 29.3 Å². The zero-order chi connectivity index (χ0) is 17.1. The molecule has 2 aromatic rings. The average molecular weight is 344 g/mol. The number of hydrogen-bond donors (Lipinski definition) is 1. The zero-order valence-corrected chi connectivity index (χ0v) is 13.8. The number of primary amides is 1. The molecule has 24 heavy (non-hydrogen) atoms. The first-order valence-corrected chi connectivity index (χ1v) is 8.67. The number of amides is 2. The second-order valence-electron chi connectivity index (χ2n) is 5.59. The highest BCUT2D eigenvalue weighted by atomic mass is 32.2. The van der Waals surface area contributed by atoms with Crippen molar-refractivity contribution in [1.82, 2.24) is 0 Å². The molecule has 6 heteroatoms. The van der Waals surface area contributed by atoms with Gasteiger partial charge in [0.25, 0.3) is 0 Å². The Kier molecular flexibility index (Phi) is 4.85. The lowest BCUT2D eigenvalue weighted by atomic mass is 10.1. The van der Waals surface area contributed by atoms with Gasteiger partial charge in [-0.3, -0.25) is 9.59 Å². The van der Waals surface area contributed by atoms with E-state index in [1.165, 1.54) is 22.7 Å². The first kappa shape index (κ1) is 16.5. The van der Waals surface area contributed by atoms with Gasteiger partial charge in [-0.15, -0.1) is 11.8 Å². The number of carbonyl (C=O) groups excluding carboxylic acids is 2. The van der Waals surface area contributed by atoms with Crippen molar-refractivity contribution in [3.05, 3.63) is 65.5 Å². The van der Waals surface area contributed by atoms with E-state index in [0.29, 0.717) is 30.0 Å². The minimum atomic E-state index is -0.458. The monoisotopic (exact) mass is 344 g/mol. The van der Waals surface area contributed by atoms with Crippen LogP contribution in [0.2, 0.25) is 0 Å². The summed E-state index contributed by atoms with van der Waals surface area (Å²) >= 11 is 1.53. The lowest BCUT2D eigenvalue weighted by molar-refractivity contribution is -0.116. The molecule has 4 nitrogen and oxygen atoms in total. The summed E-state index contributed by atoms with van der Waals surface area (Å²) in [5, 5.41) is -0.180. The summed E-state index contributed by atoms with van der Waals surface area (Å²) < 4.78 is 13.9. The minimum absolute atomic E-state index is 0.0566. The molecular formula is C18H17FN2O2S. The van der Waals surface area contributed by atoms with Crippen molar-refractivity contribution in [2.24, 2.45) is 5.73 Å².